The van der Waals surface area contributed by atoms with E-state index in [9.17, 15) is 0 Å². The second-order valence-electron chi connectivity index (χ2n) is 6.57. The van der Waals surface area contributed by atoms with Crippen LogP contribution in [0.2, 0.25) is 0 Å². The van der Waals surface area contributed by atoms with Gasteiger partial charge in [0.1, 0.15) is 5.75 Å². The van der Waals surface area contributed by atoms with E-state index in [2.05, 4.69) is 29.2 Å². The second-order valence-corrected chi connectivity index (χ2v) is 6.57. The summed E-state index contributed by atoms with van der Waals surface area (Å²) in [7, 11) is 0. The van der Waals surface area contributed by atoms with E-state index in [0.29, 0.717) is 12.1 Å². The highest BCUT2D eigenvalue weighted by molar-refractivity contribution is 5.49. The van der Waals surface area contributed by atoms with Gasteiger partial charge in [-0.25, -0.2) is 0 Å². The third-order valence-electron chi connectivity index (χ3n) is 4.76. The van der Waals surface area contributed by atoms with E-state index in [1.807, 2.05) is 0 Å². The zero-order valence-corrected chi connectivity index (χ0v) is 13.0. The van der Waals surface area contributed by atoms with Crippen molar-refractivity contribution in [2.45, 2.75) is 63.5 Å². The molecule has 2 fully saturated rings. The maximum Gasteiger partial charge on any atom is 0.119 e. The van der Waals surface area contributed by atoms with Gasteiger partial charge in [0, 0.05) is 24.8 Å². The molecule has 21 heavy (non-hydrogen) atoms. The van der Waals surface area contributed by atoms with E-state index < -0.39 is 0 Å². The number of hydrogen-bond donors (Lipinski definition) is 1. The van der Waals surface area contributed by atoms with Crippen LogP contribution in [-0.2, 0) is 0 Å². The molecular formula is C18H28N2O. The molecule has 0 radical (unpaired) electrons. The summed E-state index contributed by atoms with van der Waals surface area (Å²) in [6, 6.07) is 8.94. The van der Waals surface area contributed by atoms with Crippen molar-refractivity contribution in [2.75, 3.05) is 18.0 Å². The van der Waals surface area contributed by atoms with Crippen LogP contribution < -0.4 is 15.4 Å². The van der Waals surface area contributed by atoms with Gasteiger partial charge in [0.05, 0.1) is 6.10 Å². The van der Waals surface area contributed by atoms with E-state index in [4.69, 9.17) is 10.5 Å². The Kier molecular flexibility index (Phi) is 5.02. The van der Waals surface area contributed by atoms with Gasteiger partial charge < -0.3 is 15.4 Å². The van der Waals surface area contributed by atoms with Crippen LogP contribution in [0.1, 0.15) is 51.4 Å². The largest absolute Gasteiger partial charge is 0.490 e. The molecule has 1 saturated heterocycles. The minimum atomic E-state index is 0.320. The van der Waals surface area contributed by atoms with Gasteiger partial charge in [-0.3, -0.25) is 0 Å². The number of rotatable bonds is 3. The predicted molar refractivity (Wildman–Crippen MR) is 88.0 cm³/mol. The lowest BCUT2D eigenvalue weighted by molar-refractivity contribution is 0.184. The smallest absolute Gasteiger partial charge is 0.119 e. The molecule has 116 valence electrons. The number of nitrogens with zero attached hydrogens (tertiary/aromatic N) is 1. The van der Waals surface area contributed by atoms with Gasteiger partial charge in [-0.2, -0.15) is 0 Å². The van der Waals surface area contributed by atoms with E-state index in [0.717, 1.165) is 25.3 Å². The Labute approximate surface area is 128 Å². The van der Waals surface area contributed by atoms with Crippen LogP contribution in [-0.4, -0.2) is 25.2 Å². The maximum atomic E-state index is 6.16. The number of hydrogen-bond acceptors (Lipinski definition) is 3. The topological polar surface area (TPSA) is 38.5 Å². The number of nitrogens with two attached hydrogens (primary N) is 1. The lowest BCUT2D eigenvalue weighted by Gasteiger charge is -2.32. The van der Waals surface area contributed by atoms with Crippen molar-refractivity contribution in [3.8, 4) is 5.75 Å². The first-order valence-electron chi connectivity index (χ1n) is 8.58. The van der Waals surface area contributed by atoms with E-state index >= 15 is 0 Å². The highest BCUT2D eigenvalue weighted by Crippen LogP contribution is 2.26. The quantitative estimate of drug-likeness (QED) is 0.862. The Morgan fingerprint density at radius 2 is 1.62 bits per heavy atom. The Morgan fingerprint density at radius 3 is 2.29 bits per heavy atom. The standard InChI is InChI=1S/C18H28N2O/c19-15-6-5-13-20(14-15)16-9-11-18(12-10-16)21-17-7-3-1-2-4-8-17/h9-12,15,17H,1-8,13-14,19H2. The maximum absolute atomic E-state index is 6.16. The molecular weight excluding hydrogens is 260 g/mol. The Bertz CT molecular complexity index is 423. The van der Waals surface area contributed by atoms with Crippen molar-refractivity contribution in [3.05, 3.63) is 24.3 Å². The van der Waals surface area contributed by atoms with Crippen molar-refractivity contribution in [3.63, 3.8) is 0 Å². The summed E-state index contributed by atoms with van der Waals surface area (Å²) in [5, 5.41) is 0. The molecule has 1 aliphatic heterocycles. The van der Waals surface area contributed by atoms with E-state index in [-0.39, 0.29) is 0 Å². The van der Waals surface area contributed by atoms with Gasteiger partial charge in [-0.15, -0.1) is 0 Å². The summed E-state index contributed by atoms with van der Waals surface area (Å²) >= 11 is 0. The van der Waals surface area contributed by atoms with Gasteiger partial charge in [-0.1, -0.05) is 12.8 Å². The van der Waals surface area contributed by atoms with Crippen LogP contribution in [0.25, 0.3) is 0 Å². The molecule has 0 amide bonds. The average Bonchev–Trinajstić information content (AvgIpc) is 2.77. The minimum absolute atomic E-state index is 0.320. The lowest BCUT2D eigenvalue weighted by Crippen LogP contribution is -2.42. The molecule has 2 N–H and O–H groups in total. The fourth-order valence-electron chi connectivity index (χ4n) is 3.53. The summed E-state index contributed by atoms with van der Waals surface area (Å²) in [6.45, 7) is 2.10. The Hall–Kier alpha value is -1.22. The van der Waals surface area contributed by atoms with Gasteiger partial charge in [-0.05, 0) is 62.8 Å². The molecule has 1 heterocycles. The Balaban J connectivity index is 1.58. The summed E-state index contributed by atoms with van der Waals surface area (Å²) in [5.41, 5.74) is 7.34. The molecule has 0 spiro atoms. The fourth-order valence-corrected chi connectivity index (χ4v) is 3.53. The van der Waals surface area contributed by atoms with Crippen molar-refractivity contribution in [2.24, 2.45) is 5.73 Å². The highest BCUT2D eigenvalue weighted by atomic mass is 16.5. The van der Waals surface area contributed by atoms with Crippen molar-refractivity contribution < 1.29 is 4.74 Å². The minimum Gasteiger partial charge on any atom is -0.490 e. The van der Waals surface area contributed by atoms with Crippen molar-refractivity contribution in [1.29, 1.82) is 0 Å². The van der Waals surface area contributed by atoms with Crippen molar-refractivity contribution in [1.82, 2.24) is 0 Å². The summed E-state index contributed by atoms with van der Waals surface area (Å²) in [4.78, 5) is 2.39. The first-order chi connectivity index (χ1) is 10.3. The zero-order chi connectivity index (χ0) is 14.5. The Morgan fingerprint density at radius 1 is 0.905 bits per heavy atom. The summed E-state index contributed by atoms with van der Waals surface area (Å²) in [5.74, 6) is 1.02. The molecule has 3 rings (SSSR count). The van der Waals surface area contributed by atoms with Crippen LogP contribution in [0, 0.1) is 0 Å². The van der Waals surface area contributed by atoms with Crippen LogP contribution >= 0.6 is 0 Å². The molecule has 1 atom stereocenters. The van der Waals surface area contributed by atoms with Crippen molar-refractivity contribution >= 4 is 5.69 Å². The van der Waals surface area contributed by atoms with Gasteiger partial charge >= 0.3 is 0 Å². The third kappa shape index (κ3) is 4.13. The highest BCUT2D eigenvalue weighted by Gasteiger charge is 2.17. The second kappa shape index (κ2) is 7.17. The average molecular weight is 288 g/mol. The molecule has 1 unspecified atom stereocenters. The first kappa shape index (κ1) is 14.7. The van der Waals surface area contributed by atoms with Crippen LogP contribution in [0.3, 0.4) is 0 Å². The van der Waals surface area contributed by atoms with E-state index in [1.165, 1.54) is 50.6 Å². The molecule has 1 saturated carbocycles. The molecule has 2 aliphatic rings. The molecule has 1 aliphatic carbocycles. The summed E-state index contributed by atoms with van der Waals surface area (Å²) < 4.78 is 6.16. The first-order valence-corrected chi connectivity index (χ1v) is 8.58. The summed E-state index contributed by atoms with van der Waals surface area (Å²) in [6.07, 6.45) is 10.6. The predicted octanol–water partition coefficient (Wildman–Crippen LogP) is 3.72. The molecule has 1 aromatic rings. The molecule has 0 bridgehead atoms. The molecule has 3 heteroatoms. The SMILES string of the molecule is NC1CCCN(c2ccc(OC3CCCCCC3)cc2)C1. The van der Waals surface area contributed by atoms with Gasteiger partial charge in [0.25, 0.3) is 0 Å². The zero-order valence-electron chi connectivity index (χ0n) is 13.0. The third-order valence-corrected chi connectivity index (χ3v) is 4.76. The number of anilines is 1. The van der Waals surface area contributed by atoms with Crippen LogP contribution in [0.4, 0.5) is 5.69 Å². The van der Waals surface area contributed by atoms with Gasteiger partial charge in [0.2, 0.25) is 0 Å². The van der Waals surface area contributed by atoms with Crippen LogP contribution in [0.5, 0.6) is 5.75 Å². The molecule has 3 nitrogen and oxygen atoms in total. The number of benzene rings is 1. The van der Waals surface area contributed by atoms with Crippen LogP contribution in [0.15, 0.2) is 24.3 Å². The number of piperidine rings is 1. The normalized spacial score (nSPS) is 24.6. The molecule has 1 aromatic carbocycles. The van der Waals surface area contributed by atoms with E-state index in [1.54, 1.807) is 0 Å². The monoisotopic (exact) mass is 288 g/mol. The fraction of sp³-hybridized carbons (Fsp3) is 0.667. The lowest BCUT2D eigenvalue weighted by atomic mass is 10.1. The molecule has 0 aromatic heterocycles. The van der Waals surface area contributed by atoms with Gasteiger partial charge in [0.15, 0.2) is 0 Å². The number of ether oxygens (including phenoxy) is 1.